The van der Waals surface area contributed by atoms with E-state index in [1.807, 2.05) is 19.9 Å². The van der Waals surface area contributed by atoms with Crippen molar-refractivity contribution in [1.82, 2.24) is 14.3 Å². The van der Waals surface area contributed by atoms with E-state index >= 15 is 0 Å². The van der Waals surface area contributed by atoms with Gasteiger partial charge < -0.3 is 15.2 Å². The van der Waals surface area contributed by atoms with Crippen molar-refractivity contribution in [3.8, 4) is 0 Å². The number of rotatable bonds is 10. The molecule has 2 aromatic heterocycles. The molecule has 3 heterocycles. The zero-order valence-electron chi connectivity index (χ0n) is 17.6. The second-order valence-electron chi connectivity index (χ2n) is 6.95. The fourth-order valence-electron chi connectivity index (χ4n) is 3.16. The molecule has 0 aliphatic carbocycles. The standard InChI is InChI=1S/C21H26N4O4S2/c1-3-29-12-6-10-25-20(28)16(31-21(25)30)13-15-17(22-8-5-11-26)23-18-14(2)7-4-9-24(18)19(15)27/h4,7,9,13,22,26H,3,5-6,8,10-12H2,1-2H3/b16-13+. The van der Waals surface area contributed by atoms with Crippen molar-refractivity contribution in [1.29, 1.82) is 0 Å². The third-order valence-electron chi connectivity index (χ3n) is 4.74. The van der Waals surface area contributed by atoms with Crippen molar-refractivity contribution < 1.29 is 14.6 Å². The summed E-state index contributed by atoms with van der Waals surface area (Å²) in [6, 6.07) is 3.66. The van der Waals surface area contributed by atoms with Crippen LogP contribution in [0, 0.1) is 6.92 Å². The molecule has 1 saturated heterocycles. The molecule has 166 valence electrons. The molecular formula is C21H26N4O4S2. The summed E-state index contributed by atoms with van der Waals surface area (Å²) in [5, 5.41) is 12.2. The van der Waals surface area contributed by atoms with Crippen LogP contribution in [0.25, 0.3) is 11.7 Å². The Hall–Kier alpha value is -2.27. The van der Waals surface area contributed by atoms with E-state index in [4.69, 9.17) is 22.1 Å². The van der Waals surface area contributed by atoms with Gasteiger partial charge in [0.05, 0.1) is 10.5 Å². The average molecular weight is 463 g/mol. The molecular weight excluding hydrogens is 436 g/mol. The van der Waals surface area contributed by atoms with Crippen LogP contribution in [0.4, 0.5) is 5.82 Å². The summed E-state index contributed by atoms with van der Waals surface area (Å²) in [5.74, 6) is 0.163. The second-order valence-corrected chi connectivity index (χ2v) is 8.63. The van der Waals surface area contributed by atoms with Crippen LogP contribution < -0.4 is 10.9 Å². The molecule has 10 heteroatoms. The largest absolute Gasteiger partial charge is 0.396 e. The number of carbonyl (C=O) groups is 1. The van der Waals surface area contributed by atoms with E-state index in [0.717, 1.165) is 5.56 Å². The number of aryl methyl sites for hydroxylation is 1. The number of thioether (sulfide) groups is 1. The van der Waals surface area contributed by atoms with E-state index in [1.165, 1.54) is 16.2 Å². The summed E-state index contributed by atoms with van der Waals surface area (Å²) in [4.78, 5) is 32.7. The Morgan fingerprint density at radius 3 is 2.90 bits per heavy atom. The van der Waals surface area contributed by atoms with Crippen LogP contribution in [0.2, 0.25) is 0 Å². The van der Waals surface area contributed by atoms with Gasteiger partial charge in [-0.15, -0.1) is 0 Å². The SMILES string of the molecule is CCOCCCN1C(=O)/C(=C\c2c(NCCCO)nc3c(C)cccn3c2=O)SC1=S. The predicted molar refractivity (Wildman–Crippen MR) is 127 cm³/mol. The minimum Gasteiger partial charge on any atom is -0.396 e. The molecule has 0 saturated carbocycles. The lowest BCUT2D eigenvalue weighted by Gasteiger charge is -2.14. The highest BCUT2D eigenvalue weighted by Gasteiger charge is 2.32. The minimum absolute atomic E-state index is 0.0222. The van der Waals surface area contributed by atoms with Crippen LogP contribution in [0.5, 0.6) is 0 Å². The first-order valence-corrected chi connectivity index (χ1v) is 11.4. The number of carbonyl (C=O) groups excluding carboxylic acids is 1. The molecule has 31 heavy (non-hydrogen) atoms. The molecule has 0 atom stereocenters. The third-order valence-corrected chi connectivity index (χ3v) is 6.11. The van der Waals surface area contributed by atoms with Crippen LogP contribution in [0.3, 0.4) is 0 Å². The van der Waals surface area contributed by atoms with Gasteiger partial charge in [0.2, 0.25) is 0 Å². The van der Waals surface area contributed by atoms with Crippen LogP contribution in [-0.2, 0) is 9.53 Å². The number of hydrogen-bond donors (Lipinski definition) is 2. The topological polar surface area (TPSA) is 96.2 Å². The number of aliphatic hydroxyl groups excluding tert-OH is 1. The number of fused-ring (bicyclic) bond motifs is 1. The number of nitrogens with zero attached hydrogens (tertiary/aromatic N) is 3. The lowest BCUT2D eigenvalue weighted by molar-refractivity contribution is -0.122. The number of ether oxygens (including phenoxy) is 1. The molecule has 0 aromatic carbocycles. The van der Waals surface area contributed by atoms with Crippen molar-refractivity contribution in [2.24, 2.45) is 0 Å². The van der Waals surface area contributed by atoms with E-state index < -0.39 is 0 Å². The first kappa shape index (κ1) is 23.4. The van der Waals surface area contributed by atoms with Gasteiger partial charge in [0.15, 0.2) is 0 Å². The van der Waals surface area contributed by atoms with Crippen LogP contribution in [0.15, 0.2) is 28.0 Å². The molecule has 0 radical (unpaired) electrons. The zero-order valence-corrected chi connectivity index (χ0v) is 19.2. The Bertz CT molecular complexity index is 1070. The smallest absolute Gasteiger partial charge is 0.267 e. The molecule has 1 aliphatic rings. The number of anilines is 1. The van der Waals surface area contributed by atoms with Crippen molar-refractivity contribution in [2.75, 3.05) is 38.2 Å². The number of amides is 1. The van der Waals surface area contributed by atoms with Crippen molar-refractivity contribution >= 4 is 51.7 Å². The Balaban J connectivity index is 1.97. The highest BCUT2D eigenvalue weighted by molar-refractivity contribution is 8.26. The first-order chi connectivity index (χ1) is 15.0. The molecule has 3 rings (SSSR count). The molecule has 8 nitrogen and oxygen atoms in total. The summed E-state index contributed by atoms with van der Waals surface area (Å²) in [6.07, 6.45) is 4.41. The number of thiocarbonyl (C=S) groups is 1. The van der Waals surface area contributed by atoms with Gasteiger partial charge in [-0.1, -0.05) is 30.0 Å². The number of hydrogen-bond acceptors (Lipinski definition) is 8. The van der Waals surface area contributed by atoms with Gasteiger partial charge in [-0.25, -0.2) is 4.98 Å². The third kappa shape index (κ3) is 5.32. The molecule has 2 N–H and O–H groups in total. The average Bonchev–Trinajstić information content (AvgIpc) is 3.01. The van der Waals surface area contributed by atoms with Crippen LogP contribution in [0.1, 0.15) is 30.9 Å². The molecule has 0 unspecified atom stereocenters. The van der Waals surface area contributed by atoms with Crippen LogP contribution in [-0.4, -0.2) is 62.5 Å². The van der Waals surface area contributed by atoms with E-state index in [0.29, 0.717) is 59.8 Å². The summed E-state index contributed by atoms with van der Waals surface area (Å²) >= 11 is 6.56. The van der Waals surface area contributed by atoms with E-state index in [9.17, 15) is 9.59 Å². The van der Waals surface area contributed by atoms with Gasteiger partial charge in [-0.05, 0) is 44.4 Å². The lowest BCUT2D eigenvalue weighted by atomic mass is 10.2. The number of aliphatic hydroxyl groups is 1. The monoisotopic (exact) mass is 462 g/mol. The summed E-state index contributed by atoms with van der Waals surface area (Å²) < 4.78 is 7.27. The molecule has 1 amide bonds. The number of nitrogens with one attached hydrogen (secondary N) is 1. The lowest BCUT2D eigenvalue weighted by Crippen LogP contribution is -2.29. The Kier molecular flexibility index (Phi) is 8.19. The Morgan fingerprint density at radius 2 is 2.16 bits per heavy atom. The summed E-state index contributed by atoms with van der Waals surface area (Å²) in [6.45, 7) is 5.93. The summed E-state index contributed by atoms with van der Waals surface area (Å²) in [5.41, 5.74) is 1.41. The Labute approximate surface area is 190 Å². The quantitative estimate of drug-likeness (QED) is 0.316. The Morgan fingerprint density at radius 1 is 1.35 bits per heavy atom. The first-order valence-electron chi connectivity index (χ1n) is 10.2. The van der Waals surface area contributed by atoms with Gasteiger partial charge in [-0.2, -0.15) is 0 Å². The number of pyridine rings is 1. The van der Waals surface area contributed by atoms with Gasteiger partial charge in [-0.3, -0.25) is 18.9 Å². The fourth-order valence-corrected chi connectivity index (χ4v) is 4.45. The molecule has 2 aromatic rings. The maximum atomic E-state index is 13.2. The van der Waals surface area contributed by atoms with Crippen LogP contribution >= 0.6 is 24.0 Å². The molecule has 0 bridgehead atoms. The minimum atomic E-state index is -0.276. The van der Waals surface area contributed by atoms with E-state index in [-0.39, 0.29) is 23.6 Å². The maximum Gasteiger partial charge on any atom is 0.267 e. The van der Waals surface area contributed by atoms with Crippen molar-refractivity contribution in [3.63, 3.8) is 0 Å². The number of aromatic nitrogens is 2. The molecule has 0 spiro atoms. The van der Waals surface area contributed by atoms with Gasteiger partial charge >= 0.3 is 0 Å². The highest BCUT2D eigenvalue weighted by atomic mass is 32.2. The fraction of sp³-hybridized carbons (Fsp3) is 0.429. The summed E-state index contributed by atoms with van der Waals surface area (Å²) in [7, 11) is 0. The highest BCUT2D eigenvalue weighted by Crippen LogP contribution is 2.33. The van der Waals surface area contributed by atoms with E-state index in [2.05, 4.69) is 10.3 Å². The zero-order chi connectivity index (χ0) is 22.4. The maximum absolute atomic E-state index is 13.2. The van der Waals surface area contributed by atoms with Gasteiger partial charge in [0, 0.05) is 39.1 Å². The normalized spacial score (nSPS) is 15.5. The van der Waals surface area contributed by atoms with Gasteiger partial charge in [0.1, 0.15) is 15.8 Å². The van der Waals surface area contributed by atoms with Crippen molar-refractivity contribution in [3.05, 3.63) is 44.7 Å². The second kappa shape index (κ2) is 10.9. The predicted octanol–water partition coefficient (Wildman–Crippen LogP) is 2.43. The van der Waals surface area contributed by atoms with Gasteiger partial charge in [0.25, 0.3) is 11.5 Å². The molecule has 1 aliphatic heterocycles. The van der Waals surface area contributed by atoms with Crippen molar-refractivity contribution in [2.45, 2.75) is 26.7 Å². The van der Waals surface area contributed by atoms with E-state index in [1.54, 1.807) is 23.2 Å². The molecule has 1 fully saturated rings.